The second-order valence-corrected chi connectivity index (χ2v) is 7.30. The second-order valence-electron chi connectivity index (χ2n) is 5.46. The van der Waals surface area contributed by atoms with Gasteiger partial charge < -0.3 is 15.8 Å². The van der Waals surface area contributed by atoms with Crippen LogP contribution in [0.2, 0.25) is 0 Å². The number of hydrogen-bond acceptors (Lipinski definition) is 6. The summed E-state index contributed by atoms with van der Waals surface area (Å²) in [5, 5.41) is 5.16. The van der Waals surface area contributed by atoms with Crippen LogP contribution >= 0.6 is 23.1 Å². The van der Waals surface area contributed by atoms with Crippen molar-refractivity contribution in [3.8, 4) is 10.6 Å². The Morgan fingerprint density at radius 1 is 1.36 bits per heavy atom. The van der Waals surface area contributed by atoms with Crippen LogP contribution in [0.4, 0.5) is 4.79 Å². The van der Waals surface area contributed by atoms with Crippen LogP contribution in [-0.2, 0) is 16.1 Å². The number of nitrogens with zero attached hydrogens (tertiary/aromatic N) is 1. The molecule has 0 spiro atoms. The first kappa shape index (κ1) is 19.3. The number of aryl methyl sites for hydroxylation is 1. The number of benzene rings is 1. The van der Waals surface area contributed by atoms with E-state index in [1.165, 1.54) is 16.9 Å². The minimum atomic E-state index is -0.738. The van der Waals surface area contributed by atoms with E-state index in [4.69, 9.17) is 10.5 Å². The fourth-order valence-electron chi connectivity index (χ4n) is 2.10. The third-order valence-electron chi connectivity index (χ3n) is 3.42. The zero-order valence-electron chi connectivity index (χ0n) is 14.2. The van der Waals surface area contributed by atoms with Crippen LogP contribution in [0.1, 0.15) is 17.7 Å². The Bertz CT molecular complexity index is 716. The number of urea groups is 1. The maximum absolute atomic E-state index is 12.1. The van der Waals surface area contributed by atoms with Crippen LogP contribution in [0.5, 0.6) is 0 Å². The van der Waals surface area contributed by atoms with Gasteiger partial charge in [-0.15, -0.1) is 11.3 Å². The summed E-state index contributed by atoms with van der Waals surface area (Å²) in [6.45, 7) is 2.10. The molecule has 0 saturated heterocycles. The number of ether oxygens (including phenoxy) is 1. The molecule has 3 N–H and O–H groups in total. The molecule has 2 amide bonds. The lowest BCUT2D eigenvalue weighted by Crippen LogP contribution is -2.44. The van der Waals surface area contributed by atoms with Gasteiger partial charge in [0, 0.05) is 10.9 Å². The van der Waals surface area contributed by atoms with E-state index >= 15 is 0 Å². The minimum absolute atomic E-state index is 0.0669. The number of amides is 2. The van der Waals surface area contributed by atoms with Crippen molar-refractivity contribution >= 4 is 35.1 Å². The fourth-order valence-corrected chi connectivity index (χ4v) is 3.39. The molecular formula is C17H21N3O3S2. The van der Waals surface area contributed by atoms with Crippen molar-refractivity contribution in [1.29, 1.82) is 0 Å². The molecule has 0 aliphatic rings. The Morgan fingerprint density at radius 2 is 2.08 bits per heavy atom. The largest absolute Gasteiger partial charge is 0.458 e. The number of esters is 1. The van der Waals surface area contributed by atoms with E-state index in [9.17, 15) is 9.59 Å². The quantitative estimate of drug-likeness (QED) is 0.688. The lowest BCUT2D eigenvalue weighted by Gasteiger charge is -2.15. The standard InChI is InChI=1S/C17H21N3O3S2/c1-11-3-5-12(6-4-11)15-19-13(10-25-15)9-23-16(21)14(7-8-24-2)20-17(18)22/h3-6,10,14H,7-9H2,1-2H3,(H3,18,20,22)/t14-/m1/s1. The fraction of sp³-hybridized carbons (Fsp3) is 0.353. The van der Waals surface area contributed by atoms with Gasteiger partial charge in [-0.05, 0) is 25.4 Å². The number of aromatic nitrogens is 1. The smallest absolute Gasteiger partial charge is 0.329 e. The third kappa shape index (κ3) is 6.06. The summed E-state index contributed by atoms with van der Waals surface area (Å²) in [4.78, 5) is 27.7. The molecule has 0 bridgehead atoms. The minimum Gasteiger partial charge on any atom is -0.458 e. The number of nitrogens with two attached hydrogens (primary N) is 1. The number of primary amides is 1. The normalized spacial score (nSPS) is 11.8. The highest BCUT2D eigenvalue weighted by Gasteiger charge is 2.21. The molecule has 2 aromatic rings. The maximum atomic E-state index is 12.1. The summed E-state index contributed by atoms with van der Waals surface area (Å²) in [6, 6.07) is 6.61. The Morgan fingerprint density at radius 3 is 2.72 bits per heavy atom. The number of thioether (sulfide) groups is 1. The summed E-state index contributed by atoms with van der Waals surface area (Å²) in [5.74, 6) is 0.214. The van der Waals surface area contributed by atoms with Crippen LogP contribution in [0.3, 0.4) is 0 Å². The van der Waals surface area contributed by atoms with Gasteiger partial charge in [0.1, 0.15) is 17.7 Å². The Hall–Kier alpha value is -2.06. The number of carbonyl (C=O) groups is 2. The second kappa shape index (κ2) is 9.43. The SMILES string of the molecule is CSCC[C@@H](NC(N)=O)C(=O)OCc1csc(-c2ccc(C)cc2)n1. The van der Waals surface area contributed by atoms with Gasteiger partial charge in [-0.1, -0.05) is 29.8 Å². The Balaban J connectivity index is 1.94. The molecular weight excluding hydrogens is 358 g/mol. The molecule has 6 nitrogen and oxygen atoms in total. The average molecular weight is 380 g/mol. The predicted octanol–water partition coefficient (Wildman–Crippen LogP) is 2.95. The molecule has 0 unspecified atom stereocenters. The van der Waals surface area contributed by atoms with E-state index in [-0.39, 0.29) is 6.61 Å². The van der Waals surface area contributed by atoms with Gasteiger partial charge in [0.2, 0.25) is 0 Å². The van der Waals surface area contributed by atoms with Crippen LogP contribution in [0.15, 0.2) is 29.6 Å². The summed E-state index contributed by atoms with van der Waals surface area (Å²) < 4.78 is 5.28. The third-order valence-corrected chi connectivity index (χ3v) is 5.01. The molecule has 1 heterocycles. The Labute approximate surface area is 155 Å². The van der Waals surface area contributed by atoms with E-state index in [1.54, 1.807) is 11.8 Å². The van der Waals surface area contributed by atoms with Crippen molar-refractivity contribution in [3.05, 3.63) is 40.9 Å². The molecule has 25 heavy (non-hydrogen) atoms. The molecule has 0 aliphatic heterocycles. The maximum Gasteiger partial charge on any atom is 0.329 e. The summed E-state index contributed by atoms with van der Waals surface area (Å²) in [5.41, 5.74) is 8.01. The molecule has 1 atom stereocenters. The van der Waals surface area contributed by atoms with E-state index in [0.717, 1.165) is 10.6 Å². The van der Waals surface area contributed by atoms with Crippen molar-refractivity contribution in [3.63, 3.8) is 0 Å². The van der Waals surface area contributed by atoms with Crippen molar-refractivity contribution < 1.29 is 14.3 Å². The number of rotatable bonds is 8. The van der Waals surface area contributed by atoms with Gasteiger partial charge in [-0.2, -0.15) is 11.8 Å². The zero-order valence-corrected chi connectivity index (χ0v) is 15.8. The average Bonchev–Trinajstić information content (AvgIpc) is 3.05. The first-order chi connectivity index (χ1) is 12.0. The van der Waals surface area contributed by atoms with E-state index in [2.05, 4.69) is 10.3 Å². The van der Waals surface area contributed by atoms with Gasteiger partial charge in [-0.25, -0.2) is 14.6 Å². The van der Waals surface area contributed by atoms with Crippen LogP contribution in [-0.4, -0.2) is 35.0 Å². The van der Waals surface area contributed by atoms with Gasteiger partial charge in [0.25, 0.3) is 0 Å². The molecule has 0 aliphatic carbocycles. The molecule has 0 saturated carbocycles. The highest BCUT2D eigenvalue weighted by Crippen LogP contribution is 2.24. The highest BCUT2D eigenvalue weighted by atomic mass is 32.2. The summed E-state index contributed by atoms with van der Waals surface area (Å²) in [6.07, 6.45) is 2.39. The van der Waals surface area contributed by atoms with Gasteiger partial charge in [0.15, 0.2) is 0 Å². The highest BCUT2D eigenvalue weighted by molar-refractivity contribution is 7.98. The van der Waals surface area contributed by atoms with E-state index in [1.807, 2.05) is 42.8 Å². The molecule has 134 valence electrons. The lowest BCUT2D eigenvalue weighted by atomic mass is 10.2. The number of nitrogens with one attached hydrogen (secondary N) is 1. The number of carbonyl (C=O) groups excluding carboxylic acids is 2. The predicted molar refractivity (Wildman–Crippen MR) is 102 cm³/mol. The van der Waals surface area contributed by atoms with E-state index in [0.29, 0.717) is 17.9 Å². The van der Waals surface area contributed by atoms with Crippen molar-refractivity contribution in [1.82, 2.24) is 10.3 Å². The van der Waals surface area contributed by atoms with Crippen molar-refractivity contribution in [2.24, 2.45) is 5.73 Å². The van der Waals surface area contributed by atoms with Gasteiger partial charge >= 0.3 is 12.0 Å². The zero-order chi connectivity index (χ0) is 18.2. The number of thiazole rings is 1. The molecule has 8 heteroatoms. The molecule has 0 fully saturated rings. The molecule has 1 aromatic heterocycles. The Kier molecular flexibility index (Phi) is 7.27. The van der Waals surface area contributed by atoms with Crippen molar-refractivity contribution in [2.45, 2.75) is 26.0 Å². The van der Waals surface area contributed by atoms with Crippen LogP contribution in [0.25, 0.3) is 10.6 Å². The van der Waals surface area contributed by atoms with Gasteiger partial charge in [-0.3, -0.25) is 0 Å². The molecule has 2 rings (SSSR count). The summed E-state index contributed by atoms with van der Waals surface area (Å²) >= 11 is 3.08. The molecule has 1 aromatic carbocycles. The number of hydrogen-bond donors (Lipinski definition) is 2. The first-order valence-electron chi connectivity index (χ1n) is 7.72. The van der Waals surface area contributed by atoms with Crippen LogP contribution < -0.4 is 11.1 Å². The first-order valence-corrected chi connectivity index (χ1v) is 10.00. The molecule has 0 radical (unpaired) electrons. The topological polar surface area (TPSA) is 94.3 Å². The van der Waals surface area contributed by atoms with Crippen LogP contribution in [0, 0.1) is 6.92 Å². The van der Waals surface area contributed by atoms with Gasteiger partial charge in [0.05, 0.1) is 5.69 Å². The lowest BCUT2D eigenvalue weighted by molar-refractivity contribution is -0.147. The van der Waals surface area contributed by atoms with E-state index < -0.39 is 18.0 Å². The monoisotopic (exact) mass is 379 g/mol. The van der Waals surface area contributed by atoms with Crippen molar-refractivity contribution in [2.75, 3.05) is 12.0 Å². The summed E-state index contributed by atoms with van der Waals surface area (Å²) in [7, 11) is 0.